The minimum Gasteiger partial charge on any atom is -0.494 e. The van der Waals surface area contributed by atoms with Gasteiger partial charge in [-0.3, -0.25) is 4.79 Å². The molecular weight excluding hydrogens is 252 g/mol. The molecule has 0 aliphatic rings. The zero-order valence-corrected chi connectivity index (χ0v) is 10.7. The fraction of sp³-hybridized carbons (Fsp3) is 0.231. The quantitative estimate of drug-likeness (QED) is 0.864. The smallest absolute Gasteiger partial charge is 0.251 e. The van der Waals surface area contributed by atoms with Gasteiger partial charge in [0.2, 0.25) is 0 Å². The van der Waals surface area contributed by atoms with Gasteiger partial charge in [0.15, 0.2) is 0 Å². The van der Waals surface area contributed by atoms with Crippen molar-refractivity contribution in [1.82, 2.24) is 9.97 Å². The molecule has 2 rings (SSSR count). The molecule has 1 N–H and O–H groups in total. The molecule has 0 spiro atoms. The van der Waals surface area contributed by atoms with E-state index in [0.29, 0.717) is 18.1 Å². The van der Waals surface area contributed by atoms with Crippen molar-refractivity contribution >= 4 is 11.6 Å². The Morgan fingerprint density at radius 1 is 1.39 bits per heavy atom. The van der Waals surface area contributed by atoms with Crippen molar-refractivity contribution in [3.8, 4) is 17.1 Å². The molecule has 5 heteroatoms. The summed E-state index contributed by atoms with van der Waals surface area (Å²) in [6.45, 7) is 2.51. The predicted octanol–water partition coefficient (Wildman–Crippen LogP) is 2.57. The second-order valence-electron chi connectivity index (χ2n) is 3.68. The fourth-order valence-corrected chi connectivity index (χ4v) is 1.75. The van der Waals surface area contributed by atoms with Crippen LogP contribution in [0.1, 0.15) is 12.6 Å². The monoisotopic (exact) mass is 264 g/mol. The highest BCUT2D eigenvalue weighted by Gasteiger charge is 2.04. The number of aromatic amines is 1. The summed E-state index contributed by atoms with van der Waals surface area (Å²) in [5.74, 6) is 1.45. The van der Waals surface area contributed by atoms with Crippen LogP contribution >= 0.6 is 11.6 Å². The molecule has 1 heterocycles. The number of nitrogens with one attached hydrogen (secondary N) is 1. The van der Waals surface area contributed by atoms with Crippen LogP contribution in [0.4, 0.5) is 0 Å². The molecule has 0 aliphatic heterocycles. The molecule has 0 atom stereocenters. The van der Waals surface area contributed by atoms with Crippen molar-refractivity contribution in [2.75, 3.05) is 6.61 Å². The predicted molar refractivity (Wildman–Crippen MR) is 71.0 cm³/mol. The van der Waals surface area contributed by atoms with Crippen LogP contribution in [0.25, 0.3) is 11.4 Å². The number of benzene rings is 1. The Bertz CT molecular complexity index is 596. The number of aromatic nitrogens is 2. The van der Waals surface area contributed by atoms with Gasteiger partial charge in [-0.1, -0.05) is 12.1 Å². The summed E-state index contributed by atoms with van der Waals surface area (Å²) in [7, 11) is 0. The Hall–Kier alpha value is -1.81. The summed E-state index contributed by atoms with van der Waals surface area (Å²) in [6, 6.07) is 8.80. The first-order valence-corrected chi connectivity index (χ1v) is 6.16. The average Bonchev–Trinajstić information content (AvgIpc) is 2.39. The van der Waals surface area contributed by atoms with Crippen LogP contribution in [0.2, 0.25) is 0 Å². The third-order valence-corrected chi connectivity index (χ3v) is 2.62. The summed E-state index contributed by atoms with van der Waals surface area (Å²) in [5, 5.41) is 0. The van der Waals surface area contributed by atoms with Crippen molar-refractivity contribution in [3.05, 3.63) is 46.4 Å². The normalized spacial score (nSPS) is 10.3. The second-order valence-corrected chi connectivity index (χ2v) is 3.95. The summed E-state index contributed by atoms with van der Waals surface area (Å²) < 4.78 is 5.41. The number of rotatable bonds is 4. The number of hydrogen-bond donors (Lipinski definition) is 1. The molecule has 0 saturated carbocycles. The van der Waals surface area contributed by atoms with Gasteiger partial charge in [0.1, 0.15) is 11.6 Å². The van der Waals surface area contributed by atoms with Crippen LogP contribution < -0.4 is 10.3 Å². The Kier molecular flexibility index (Phi) is 3.99. The van der Waals surface area contributed by atoms with Crippen LogP contribution in [0.5, 0.6) is 5.75 Å². The number of hydrogen-bond acceptors (Lipinski definition) is 3. The van der Waals surface area contributed by atoms with Gasteiger partial charge in [0, 0.05) is 11.6 Å². The van der Waals surface area contributed by atoms with E-state index in [1.54, 1.807) is 0 Å². The molecule has 18 heavy (non-hydrogen) atoms. The van der Waals surface area contributed by atoms with E-state index in [4.69, 9.17) is 16.3 Å². The molecule has 0 saturated heterocycles. The van der Waals surface area contributed by atoms with Crippen LogP contribution in [0, 0.1) is 0 Å². The maximum absolute atomic E-state index is 11.5. The van der Waals surface area contributed by atoms with E-state index in [2.05, 4.69) is 9.97 Å². The fourth-order valence-electron chi connectivity index (χ4n) is 1.61. The van der Waals surface area contributed by atoms with E-state index in [1.807, 2.05) is 31.2 Å². The van der Waals surface area contributed by atoms with Gasteiger partial charge in [0.25, 0.3) is 5.56 Å². The van der Waals surface area contributed by atoms with Gasteiger partial charge in [-0.15, -0.1) is 11.6 Å². The summed E-state index contributed by atoms with van der Waals surface area (Å²) in [5.41, 5.74) is 1.14. The SMILES string of the molecule is CCOc1cccc(-c2nc(CCl)cc(=O)[nH]2)c1. The molecule has 0 bridgehead atoms. The first-order chi connectivity index (χ1) is 8.72. The lowest BCUT2D eigenvalue weighted by atomic mass is 10.2. The third-order valence-electron chi connectivity index (χ3n) is 2.35. The molecule has 0 fully saturated rings. The summed E-state index contributed by atoms with van der Waals surface area (Å²) >= 11 is 5.70. The van der Waals surface area contributed by atoms with E-state index in [-0.39, 0.29) is 11.4 Å². The topological polar surface area (TPSA) is 55.0 Å². The minimum absolute atomic E-state index is 0.210. The van der Waals surface area contributed by atoms with Gasteiger partial charge < -0.3 is 9.72 Å². The highest BCUT2D eigenvalue weighted by molar-refractivity contribution is 6.16. The van der Waals surface area contributed by atoms with Crippen LogP contribution in [-0.2, 0) is 5.88 Å². The maximum Gasteiger partial charge on any atom is 0.251 e. The van der Waals surface area contributed by atoms with Crippen molar-refractivity contribution in [2.45, 2.75) is 12.8 Å². The number of alkyl halides is 1. The molecule has 0 radical (unpaired) electrons. The molecular formula is C13H13ClN2O2. The van der Waals surface area contributed by atoms with E-state index in [1.165, 1.54) is 6.07 Å². The molecule has 0 aliphatic carbocycles. The molecule has 1 aromatic heterocycles. The van der Waals surface area contributed by atoms with Crippen LogP contribution in [0.3, 0.4) is 0 Å². The van der Waals surface area contributed by atoms with Crippen molar-refractivity contribution in [1.29, 1.82) is 0 Å². The van der Waals surface area contributed by atoms with E-state index < -0.39 is 0 Å². The Morgan fingerprint density at radius 2 is 2.22 bits per heavy atom. The van der Waals surface area contributed by atoms with E-state index in [9.17, 15) is 4.79 Å². The first-order valence-electron chi connectivity index (χ1n) is 5.62. The largest absolute Gasteiger partial charge is 0.494 e. The second kappa shape index (κ2) is 5.69. The number of H-pyrrole nitrogens is 1. The summed E-state index contributed by atoms with van der Waals surface area (Å²) in [6.07, 6.45) is 0. The molecule has 0 unspecified atom stereocenters. The van der Waals surface area contributed by atoms with Gasteiger partial charge in [-0.05, 0) is 19.1 Å². The summed E-state index contributed by atoms with van der Waals surface area (Å²) in [4.78, 5) is 18.4. The highest BCUT2D eigenvalue weighted by Crippen LogP contribution is 2.20. The lowest BCUT2D eigenvalue weighted by molar-refractivity contribution is 0.340. The average molecular weight is 265 g/mol. The van der Waals surface area contributed by atoms with Gasteiger partial charge in [-0.2, -0.15) is 0 Å². The van der Waals surface area contributed by atoms with Crippen LogP contribution in [-0.4, -0.2) is 16.6 Å². The highest BCUT2D eigenvalue weighted by atomic mass is 35.5. The molecule has 1 aromatic carbocycles. The molecule has 94 valence electrons. The van der Waals surface area contributed by atoms with E-state index in [0.717, 1.165) is 11.3 Å². The van der Waals surface area contributed by atoms with Crippen molar-refractivity contribution in [2.24, 2.45) is 0 Å². The first kappa shape index (κ1) is 12.6. The van der Waals surface area contributed by atoms with Gasteiger partial charge >= 0.3 is 0 Å². The van der Waals surface area contributed by atoms with Crippen LogP contribution in [0.15, 0.2) is 35.1 Å². The van der Waals surface area contributed by atoms with Crippen molar-refractivity contribution < 1.29 is 4.74 Å². The van der Waals surface area contributed by atoms with Gasteiger partial charge in [0.05, 0.1) is 18.2 Å². The number of halogens is 1. The van der Waals surface area contributed by atoms with Gasteiger partial charge in [-0.25, -0.2) is 4.98 Å². The molecule has 4 nitrogen and oxygen atoms in total. The standard InChI is InChI=1S/C13H13ClN2O2/c1-2-18-11-5-3-4-9(6-11)13-15-10(8-14)7-12(17)16-13/h3-7H,2,8H2,1H3,(H,15,16,17). The number of ether oxygens (including phenoxy) is 1. The number of nitrogens with zero attached hydrogens (tertiary/aromatic N) is 1. The molecule has 2 aromatic rings. The zero-order valence-electron chi connectivity index (χ0n) is 9.94. The minimum atomic E-state index is -0.211. The third kappa shape index (κ3) is 2.90. The maximum atomic E-state index is 11.5. The lowest BCUT2D eigenvalue weighted by Gasteiger charge is -2.06. The Morgan fingerprint density at radius 3 is 2.94 bits per heavy atom. The Labute approximate surface area is 110 Å². The van der Waals surface area contributed by atoms with E-state index >= 15 is 0 Å². The molecule has 0 amide bonds. The van der Waals surface area contributed by atoms with Crippen molar-refractivity contribution in [3.63, 3.8) is 0 Å². The lowest BCUT2D eigenvalue weighted by Crippen LogP contribution is -2.09. The Balaban J connectivity index is 2.44. The zero-order chi connectivity index (χ0) is 13.0.